The van der Waals surface area contributed by atoms with Gasteiger partial charge in [0.25, 0.3) is 0 Å². The van der Waals surface area contributed by atoms with Crippen LogP contribution in [0.1, 0.15) is 323 Å². The smallest absolute Gasteiger partial charge is 0.306 e. The number of hydrogen-bond acceptors (Lipinski definition) is 6. The Labute approximate surface area is 423 Å². The minimum Gasteiger partial charge on any atom is -0.462 e. The highest BCUT2D eigenvalue weighted by molar-refractivity contribution is 5.71. The molecule has 0 radical (unpaired) electrons. The molecule has 0 fully saturated rings. The van der Waals surface area contributed by atoms with E-state index in [1.54, 1.807) is 0 Å². The average molecular weight is 956 g/mol. The zero-order chi connectivity index (χ0) is 49.3. The molecule has 0 aliphatic rings. The molecule has 0 aliphatic heterocycles. The Hall–Kier alpha value is -2.37. The van der Waals surface area contributed by atoms with Crippen LogP contribution in [0.15, 0.2) is 36.5 Å². The van der Waals surface area contributed by atoms with Crippen molar-refractivity contribution in [3.8, 4) is 0 Å². The maximum atomic E-state index is 12.8. The molecule has 6 nitrogen and oxygen atoms in total. The summed E-state index contributed by atoms with van der Waals surface area (Å²) in [6.07, 6.45) is 68.6. The van der Waals surface area contributed by atoms with Gasteiger partial charge in [-0.25, -0.2) is 0 Å². The van der Waals surface area contributed by atoms with Gasteiger partial charge >= 0.3 is 17.9 Å². The molecule has 1 atom stereocenters. The molecule has 0 heterocycles. The van der Waals surface area contributed by atoms with Gasteiger partial charge in [0, 0.05) is 19.3 Å². The number of rotatable bonds is 55. The highest BCUT2D eigenvalue weighted by Gasteiger charge is 2.19. The average Bonchev–Trinajstić information content (AvgIpc) is 3.34. The first kappa shape index (κ1) is 65.6. The molecule has 398 valence electrons. The van der Waals surface area contributed by atoms with Gasteiger partial charge in [-0.2, -0.15) is 0 Å². The van der Waals surface area contributed by atoms with Crippen molar-refractivity contribution in [2.45, 2.75) is 329 Å². The molecule has 0 N–H and O–H groups in total. The van der Waals surface area contributed by atoms with Gasteiger partial charge in [-0.05, 0) is 77.0 Å². The Balaban J connectivity index is 4.23. The second kappa shape index (κ2) is 57.2. The van der Waals surface area contributed by atoms with Crippen LogP contribution in [0.5, 0.6) is 0 Å². The van der Waals surface area contributed by atoms with Crippen LogP contribution in [0.2, 0.25) is 0 Å². The molecule has 0 amide bonds. The summed E-state index contributed by atoms with van der Waals surface area (Å²) in [5.74, 6) is -0.865. The fourth-order valence-electron chi connectivity index (χ4n) is 8.82. The van der Waals surface area contributed by atoms with Gasteiger partial charge in [0.2, 0.25) is 0 Å². The number of allylic oxidation sites excluding steroid dienone is 6. The fraction of sp³-hybridized carbons (Fsp3) is 0.855. The molecule has 0 aromatic heterocycles. The summed E-state index contributed by atoms with van der Waals surface area (Å²) in [6, 6.07) is 0. The van der Waals surface area contributed by atoms with Crippen LogP contribution in [0.4, 0.5) is 0 Å². The normalized spacial score (nSPS) is 12.2. The molecule has 0 saturated heterocycles. The Morgan fingerprint density at radius 2 is 0.529 bits per heavy atom. The van der Waals surface area contributed by atoms with E-state index in [9.17, 15) is 14.4 Å². The molecule has 0 rings (SSSR count). The van der Waals surface area contributed by atoms with Crippen molar-refractivity contribution in [1.82, 2.24) is 0 Å². The van der Waals surface area contributed by atoms with E-state index in [0.29, 0.717) is 19.3 Å². The second-order valence-corrected chi connectivity index (χ2v) is 20.3. The molecule has 0 aliphatic carbocycles. The van der Waals surface area contributed by atoms with Crippen LogP contribution in [0.25, 0.3) is 0 Å². The van der Waals surface area contributed by atoms with E-state index in [4.69, 9.17) is 14.2 Å². The van der Waals surface area contributed by atoms with Crippen LogP contribution in [-0.4, -0.2) is 37.2 Å². The lowest BCUT2D eigenvalue weighted by Gasteiger charge is -2.18. The predicted octanol–water partition coefficient (Wildman–Crippen LogP) is 20.0. The lowest BCUT2D eigenvalue weighted by Crippen LogP contribution is -2.30. The van der Waals surface area contributed by atoms with Gasteiger partial charge in [-0.3, -0.25) is 14.4 Å². The van der Waals surface area contributed by atoms with Gasteiger partial charge in [-0.1, -0.05) is 263 Å². The van der Waals surface area contributed by atoms with Crippen molar-refractivity contribution in [2.75, 3.05) is 13.2 Å². The van der Waals surface area contributed by atoms with E-state index in [2.05, 4.69) is 57.2 Å². The minimum absolute atomic E-state index is 0.0721. The number of ether oxygens (including phenoxy) is 3. The van der Waals surface area contributed by atoms with Crippen LogP contribution in [0.3, 0.4) is 0 Å². The Bertz CT molecular complexity index is 1140. The van der Waals surface area contributed by atoms with Gasteiger partial charge in [-0.15, -0.1) is 0 Å². The van der Waals surface area contributed by atoms with E-state index in [-0.39, 0.29) is 31.1 Å². The molecule has 1 unspecified atom stereocenters. The number of hydrogen-bond donors (Lipinski definition) is 0. The molecule has 0 spiro atoms. The highest BCUT2D eigenvalue weighted by atomic mass is 16.6. The van der Waals surface area contributed by atoms with Crippen molar-refractivity contribution in [2.24, 2.45) is 0 Å². The monoisotopic (exact) mass is 955 g/mol. The van der Waals surface area contributed by atoms with E-state index < -0.39 is 6.10 Å². The summed E-state index contributed by atoms with van der Waals surface area (Å²) in [5, 5.41) is 0. The summed E-state index contributed by atoms with van der Waals surface area (Å²) < 4.78 is 16.9. The number of carbonyl (C=O) groups excluding carboxylic acids is 3. The highest BCUT2D eigenvalue weighted by Crippen LogP contribution is 2.16. The topological polar surface area (TPSA) is 78.9 Å². The molecule has 6 heteroatoms. The molecule has 0 aromatic rings. The van der Waals surface area contributed by atoms with Crippen LogP contribution < -0.4 is 0 Å². The van der Waals surface area contributed by atoms with Crippen LogP contribution >= 0.6 is 0 Å². The lowest BCUT2D eigenvalue weighted by atomic mass is 10.0. The Morgan fingerprint density at radius 3 is 0.853 bits per heavy atom. The maximum absolute atomic E-state index is 12.8. The van der Waals surface area contributed by atoms with Crippen molar-refractivity contribution in [3.05, 3.63) is 36.5 Å². The second-order valence-electron chi connectivity index (χ2n) is 20.3. The van der Waals surface area contributed by atoms with Crippen molar-refractivity contribution < 1.29 is 28.6 Å². The fourth-order valence-corrected chi connectivity index (χ4v) is 8.82. The lowest BCUT2D eigenvalue weighted by molar-refractivity contribution is -0.167. The molecular weight excluding hydrogens is 841 g/mol. The summed E-state index contributed by atoms with van der Waals surface area (Å²) in [6.45, 7) is 6.64. The van der Waals surface area contributed by atoms with Crippen LogP contribution in [-0.2, 0) is 28.6 Å². The summed E-state index contributed by atoms with van der Waals surface area (Å²) in [7, 11) is 0. The van der Waals surface area contributed by atoms with Gasteiger partial charge in [0.05, 0.1) is 0 Å². The maximum Gasteiger partial charge on any atom is 0.306 e. The zero-order valence-electron chi connectivity index (χ0n) is 45.6. The summed E-state index contributed by atoms with van der Waals surface area (Å²) in [4.78, 5) is 38.1. The largest absolute Gasteiger partial charge is 0.462 e. The van der Waals surface area contributed by atoms with E-state index in [1.807, 2.05) is 0 Å². The van der Waals surface area contributed by atoms with Gasteiger partial charge in [0.1, 0.15) is 13.2 Å². The molecule has 68 heavy (non-hydrogen) atoms. The van der Waals surface area contributed by atoms with Crippen LogP contribution in [0, 0.1) is 0 Å². The SMILES string of the molecule is CCCCC/C=C\C/C=C\CCCCCCCCCC(=O)OC(COC(=O)CCCCCCCCCCCC)COC(=O)CCCCCCCCCCCCC/C=C\CCCCCCCCCC. The van der Waals surface area contributed by atoms with Crippen molar-refractivity contribution >= 4 is 17.9 Å². The Kier molecular flexibility index (Phi) is 55.2. The molecule has 0 aromatic carbocycles. The Morgan fingerprint density at radius 1 is 0.294 bits per heavy atom. The van der Waals surface area contributed by atoms with E-state index >= 15 is 0 Å². The van der Waals surface area contributed by atoms with E-state index in [0.717, 1.165) is 70.6 Å². The first-order valence-electron chi connectivity index (χ1n) is 30.0. The van der Waals surface area contributed by atoms with Gasteiger partial charge < -0.3 is 14.2 Å². The van der Waals surface area contributed by atoms with Crippen molar-refractivity contribution in [1.29, 1.82) is 0 Å². The first-order valence-corrected chi connectivity index (χ1v) is 30.0. The quantitative estimate of drug-likeness (QED) is 0.0262. The molecule has 0 bridgehead atoms. The predicted molar refractivity (Wildman–Crippen MR) is 293 cm³/mol. The molecule has 0 saturated carbocycles. The summed E-state index contributed by atoms with van der Waals surface area (Å²) in [5.41, 5.74) is 0. The van der Waals surface area contributed by atoms with Crippen molar-refractivity contribution in [3.63, 3.8) is 0 Å². The minimum atomic E-state index is -0.773. The standard InChI is InChI=1S/C62H114O6/c1-4-7-10-13-16-19-22-24-26-28-29-30-31-32-33-35-36-38-40-43-46-49-52-55-61(64)67-58-59(57-66-60(63)54-51-48-45-42-21-18-15-12-9-6-3)68-62(65)56-53-50-47-44-41-39-37-34-27-25-23-20-17-14-11-8-5-2/h17,20,25,27-29,59H,4-16,18-19,21-24,26,30-58H2,1-3H3/b20-17-,27-25-,29-28-. The third-order valence-corrected chi connectivity index (χ3v) is 13.4. The molecular formula is C62H114O6. The first-order chi connectivity index (χ1) is 33.5. The van der Waals surface area contributed by atoms with Gasteiger partial charge in [0.15, 0.2) is 6.10 Å². The number of unbranched alkanes of at least 4 members (excludes halogenated alkanes) is 38. The van der Waals surface area contributed by atoms with E-state index in [1.165, 1.54) is 212 Å². The number of carbonyl (C=O) groups is 3. The summed E-state index contributed by atoms with van der Waals surface area (Å²) >= 11 is 0. The third-order valence-electron chi connectivity index (χ3n) is 13.4. The number of esters is 3. The third kappa shape index (κ3) is 54.6. The zero-order valence-corrected chi connectivity index (χ0v) is 45.6.